The van der Waals surface area contributed by atoms with Crippen LogP contribution in [0, 0.1) is 20.8 Å². The number of thiazole rings is 1. The lowest BCUT2D eigenvalue weighted by molar-refractivity contribution is 0.104. The highest BCUT2D eigenvalue weighted by Gasteiger charge is 2.20. The highest BCUT2D eigenvalue weighted by Crippen LogP contribution is 2.31. The molecule has 2 aromatic carbocycles. The van der Waals surface area contributed by atoms with Gasteiger partial charge >= 0.3 is 0 Å². The van der Waals surface area contributed by atoms with Gasteiger partial charge in [0.05, 0.1) is 0 Å². The Morgan fingerprint density at radius 3 is 2.58 bits per heavy atom. The number of para-hydroxylation sites is 1. The Labute approximate surface area is 145 Å². The van der Waals surface area contributed by atoms with Gasteiger partial charge in [-0.1, -0.05) is 47.2 Å². The van der Waals surface area contributed by atoms with Crippen LogP contribution in [-0.4, -0.2) is 10.8 Å². The maximum absolute atomic E-state index is 12.8. The maximum atomic E-state index is 12.8. The summed E-state index contributed by atoms with van der Waals surface area (Å²) < 4.78 is 0. The van der Waals surface area contributed by atoms with Crippen LogP contribution in [0.1, 0.15) is 31.9 Å². The van der Waals surface area contributed by atoms with Gasteiger partial charge in [0.25, 0.3) is 0 Å². The number of aromatic nitrogens is 1. The van der Waals surface area contributed by atoms with E-state index in [1.165, 1.54) is 11.3 Å². The summed E-state index contributed by atoms with van der Waals surface area (Å²) in [6, 6.07) is 13.8. The number of carbonyl (C=O) groups is 1. The first kappa shape index (κ1) is 16.2. The van der Waals surface area contributed by atoms with Crippen molar-refractivity contribution in [3.8, 4) is 0 Å². The quantitative estimate of drug-likeness (QED) is 0.681. The molecule has 0 fully saturated rings. The van der Waals surface area contributed by atoms with E-state index in [0.29, 0.717) is 15.6 Å². The van der Waals surface area contributed by atoms with Crippen LogP contribution in [0.4, 0.5) is 16.6 Å². The largest absolute Gasteiger partial charge is 0.382 e. The third-order valence-electron chi connectivity index (χ3n) is 3.88. The van der Waals surface area contributed by atoms with E-state index in [1.54, 1.807) is 0 Å². The van der Waals surface area contributed by atoms with Gasteiger partial charge in [0.15, 0.2) is 5.13 Å². The molecule has 5 heteroatoms. The summed E-state index contributed by atoms with van der Waals surface area (Å²) in [5.74, 6) is 0.186. The van der Waals surface area contributed by atoms with Crippen molar-refractivity contribution in [2.24, 2.45) is 0 Å². The Bertz CT molecular complexity index is 915. The lowest BCUT2D eigenvalue weighted by Crippen LogP contribution is -2.05. The van der Waals surface area contributed by atoms with Gasteiger partial charge in [-0.15, -0.1) is 0 Å². The molecule has 0 aliphatic carbocycles. The predicted octanol–water partition coefficient (Wildman–Crippen LogP) is 4.63. The minimum Gasteiger partial charge on any atom is -0.382 e. The van der Waals surface area contributed by atoms with Crippen molar-refractivity contribution >= 4 is 33.8 Å². The lowest BCUT2D eigenvalue weighted by Gasteiger charge is -2.05. The Hall–Kier alpha value is -2.66. The van der Waals surface area contributed by atoms with Gasteiger partial charge in [0, 0.05) is 11.3 Å². The van der Waals surface area contributed by atoms with E-state index < -0.39 is 0 Å². The third-order valence-corrected chi connectivity index (χ3v) is 4.87. The zero-order chi connectivity index (χ0) is 17.3. The second kappa shape index (κ2) is 6.45. The van der Waals surface area contributed by atoms with Gasteiger partial charge in [0.2, 0.25) is 5.78 Å². The van der Waals surface area contributed by atoms with E-state index in [-0.39, 0.29) is 11.6 Å². The summed E-state index contributed by atoms with van der Waals surface area (Å²) in [5.41, 5.74) is 10.7. The molecule has 0 unspecified atom stereocenters. The molecule has 24 heavy (non-hydrogen) atoms. The molecule has 0 bridgehead atoms. The fourth-order valence-electron chi connectivity index (χ4n) is 2.48. The normalized spacial score (nSPS) is 10.6. The van der Waals surface area contributed by atoms with Crippen molar-refractivity contribution in [1.29, 1.82) is 0 Å². The number of hydrogen-bond acceptors (Lipinski definition) is 5. The fourth-order valence-corrected chi connectivity index (χ4v) is 3.33. The maximum Gasteiger partial charge on any atom is 0.207 e. The Morgan fingerprint density at radius 2 is 1.83 bits per heavy atom. The molecule has 122 valence electrons. The van der Waals surface area contributed by atoms with E-state index in [9.17, 15) is 4.79 Å². The molecule has 0 saturated heterocycles. The average molecular weight is 337 g/mol. The Balaban J connectivity index is 1.93. The number of aryl methyl sites for hydroxylation is 3. The second-order valence-corrected chi connectivity index (χ2v) is 6.82. The summed E-state index contributed by atoms with van der Waals surface area (Å²) in [5, 5.41) is 3.86. The smallest absolute Gasteiger partial charge is 0.207 e. The molecule has 0 aliphatic heterocycles. The van der Waals surface area contributed by atoms with E-state index in [4.69, 9.17) is 5.73 Å². The highest BCUT2D eigenvalue weighted by atomic mass is 32.1. The first-order chi connectivity index (χ1) is 11.5. The van der Waals surface area contributed by atoms with Gasteiger partial charge < -0.3 is 11.1 Å². The number of nitrogens with one attached hydrogen (secondary N) is 1. The molecule has 0 saturated carbocycles. The molecular weight excluding hydrogens is 318 g/mol. The number of nitrogens with zero attached hydrogens (tertiary/aromatic N) is 1. The number of rotatable bonds is 4. The van der Waals surface area contributed by atoms with Crippen LogP contribution >= 0.6 is 11.3 Å². The number of ketones is 1. The molecule has 1 aromatic heterocycles. The number of anilines is 3. The van der Waals surface area contributed by atoms with Crippen LogP contribution < -0.4 is 11.1 Å². The van der Waals surface area contributed by atoms with E-state index in [0.717, 1.165) is 22.4 Å². The summed E-state index contributed by atoms with van der Waals surface area (Å²) >= 11 is 1.28. The van der Waals surface area contributed by atoms with Crippen molar-refractivity contribution < 1.29 is 4.79 Å². The first-order valence-electron chi connectivity index (χ1n) is 7.66. The number of nitrogen functional groups attached to an aromatic ring is 1. The zero-order valence-electron chi connectivity index (χ0n) is 13.9. The topological polar surface area (TPSA) is 68.0 Å². The minimum atomic E-state index is -0.0796. The molecule has 3 rings (SSSR count). The predicted molar refractivity (Wildman–Crippen MR) is 100 cm³/mol. The van der Waals surface area contributed by atoms with Crippen LogP contribution in [0.15, 0.2) is 42.5 Å². The number of hydrogen-bond donors (Lipinski definition) is 2. The van der Waals surface area contributed by atoms with Crippen LogP contribution in [0.3, 0.4) is 0 Å². The lowest BCUT2D eigenvalue weighted by atomic mass is 10.0. The van der Waals surface area contributed by atoms with Crippen LogP contribution in [0.25, 0.3) is 0 Å². The monoisotopic (exact) mass is 337 g/mol. The third kappa shape index (κ3) is 3.16. The SMILES string of the molecule is Cc1ccc(C)c(C(=O)c2sc(Nc3ccccc3C)nc2N)c1. The molecule has 3 aromatic rings. The molecule has 0 aliphatic rings. The van der Waals surface area contributed by atoms with Gasteiger partial charge in [0.1, 0.15) is 10.7 Å². The van der Waals surface area contributed by atoms with Crippen LogP contribution in [0.2, 0.25) is 0 Å². The van der Waals surface area contributed by atoms with Gasteiger partial charge in [-0.2, -0.15) is 0 Å². The number of nitrogens with two attached hydrogens (primary N) is 1. The molecule has 4 nitrogen and oxygen atoms in total. The summed E-state index contributed by atoms with van der Waals surface area (Å²) in [7, 11) is 0. The van der Waals surface area contributed by atoms with Gasteiger partial charge in [-0.05, 0) is 44.0 Å². The average Bonchev–Trinajstić information content (AvgIpc) is 2.92. The molecule has 0 spiro atoms. The zero-order valence-corrected chi connectivity index (χ0v) is 14.7. The summed E-state index contributed by atoms with van der Waals surface area (Å²) in [4.78, 5) is 17.6. The molecule has 3 N–H and O–H groups in total. The van der Waals surface area contributed by atoms with Gasteiger partial charge in [-0.3, -0.25) is 4.79 Å². The van der Waals surface area contributed by atoms with Crippen molar-refractivity contribution in [1.82, 2.24) is 4.98 Å². The van der Waals surface area contributed by atoms with Crippen molar-refractivity contribution in [2.75, 3.05) is 11.1 Å². The van der Waals surface area contributed by atoms with E-state index >= 15 is 0 Å². The first-order valence-corrected chi connectivity index (χ1v) is 8.48. The molecular formula is C19H19N3OS. The second-order valence-electron chi connectivity index (χ2n) is 5.82. The van der Waals surface area contributed by atoms with E-state index in [1.807, 2.05) is 63.2 Å². The van der Waals surface area contributed by atoms with E-state index in [2.05, 4.69) is 10.3 Å². The van der Waals surface area contributed by atoms with Crippen LogP contribution in [-0.2, 0) is 0 Å². The number of carbonyl (C=O) groups excluding carboxylic acids is 1. The fraction of sp³-hybridized carbons (Fsp3) is 0.158. The van der Waals surface area contributed by atoms with Crippen molar-refractivity contribution in [3.05, 3.63) is 69.6 Å². The molecule has 0 amide bonds. The van der Waals surface area contributed by atoms with Crippen molar-refractivity contribution in [2.45, 2.75) is 20.8 Å². The standard InChI is InChI=1S/C19H19N3OS/c1-11-8-9-12(2)14(10-11)16(23)17-18(20)22-19(24-17)21-15-7-5-4-6-13(15)3/h4-10H,20H2,1-3H3,(H,21,22). The highest BCUT2D eigenvalue weighted by molar-refractivity contribution is 7.18. The summed E-state index contributed by atoms with van der Waals surface area (Å²) in [6.45, 7) is 5.91. The molecule has 0 radical (unpaired) electrons. The minimum absolute atomic E-state index is 0.0796. The van der Waals surface area contributed by atoms with Crippen LogP contribution in [0.5, 0.6) is 0 Å². The van der Waals surface area contributed by atoms with Gasteiger partial charge in [-0.25, -0.2) is 4.98 Å². The molecule has 0 atom stereocenters. The summed E-state index contributed by atoms with van der Waals surface area (Å²) in [6.07, 6.45) is 0. The Morgan fingerprint density at radius 1 is 1.08 bits per heavy atom. The number of benzene rings is 2. The Kier molecular flexibility index (Phi) is 4.36. The van der Waals surface area contributed by atoms with Crippen molar-refractivity contribution in [3.63, 3.8) is 0 Å². The molecule has 1 heterocycles.